The van der Waals surface area contributed by atoms with Gasteiger partial charge >= 0.3 is 6.18 Å². The van der Waals surface area contributed by atoms with Gasteiger partial charge in [-0.15, -0.1) is 0 Å². The smallest absolute Gasteiger partial charge is 0.336 e. The van der Waals surface area contributed by atoms with Crippen LogP contribution in [0.25, 0.3) is 0 Å². The molecule has 0 heterocycles. The van der Waals surface area contributed by atoms with Crippen molar-refractivity contribution in [2.75, 3.05) is 11.5 Å². The van der Waals surface area contributed by atoms with Crippen molar-refractivity contribution in [2.45, 2.75) is 56.4 Å². The van der Waals surface area contributed by atoms with E-state index in [1.165, 1.54) is 24.3 Å². The van der Waals surface area contributed by atoms with E-state index in [0.717, 1.165) is 18.4 Å². The summed E-state index contributed by atoms with van der Waals surface area (Å²) in [4.78, 5) is 12.7. The molecule has 0 bridgehead atoms. The van der Waals surface area contributed by atoms with E-state index >= 15 is 0 Å². The summed E-state index contributed by atoms with van der Waals surface area (Å²) >= 11 is 0. The maximum absolute atomic E-state index is 13.8. The topological polar surface area (TPSA) is 99.1 Å². The van der Waals surface area contributed by atoms with Crippen LogP contribution < -0.4 is 10.6 Å². The molecule has 3 rings (SSSR count). The number of benzene rings is 1. The number of carbonyl (C=O) groups is 1. The van der Waals surface area contributed by atoms with Crippen LogP contribution >= 0.6 is 0 Å². The standard InChI is InChI=1S/C20H24F3N3O3S/c1-13-2-6-15(7-3-13)17(20(21,22)23)25-16(11-30(28,29)10-14-4-5-14)18(27)26-19(12-24)8-9-19/h2-3,6-7,14,16-17,25H,4-5,8-11H2,1H3,(H,26,27)/t16-,17-/m0/s1. The van der Waals surface area contributed by atoms with Crippen molar-refractivity contribution in [1.29, 1.82) is 5.26 Å². The highest BCUT2D eigenvalue weighted by atomic mass is 32.2. The van der Waals surface area contributed by atoms with Gasteiger partial charge in [-0.2, -0.15) is 18.4 Å². The first kappa shape index (κ1) is 22.6. The van der Waals surface area contributed by atoms with Gasteiger partial charge in [-0.05, 0) is 44.1 Å². The number of halogens is 3. The quantitative estimate of drug-likeness (QED) is 0.611. The number of aryl methyl sites for hydroxylation is 1. The van der Waals surface area contributed by atoms with E-state index in [1.54, 1.807) is 6.92 Å². The van der Waals surface area contributed by atoms with Crippen molar-refractivity contribution in [3.05, 3.63) is 35.4 Å². The summed E-state index contributed by atoms with van der Waals surface area (Å²) in [5, 5.41) is 13.8. The minimum atomic E-state index is -4.75. The lowest BCUT2D eigenvalue weighted by Gasteiger charge is -2.28. The molecule has 0 unspecified atom stereocenters. The molecule has 0 spiro atoms. The van der Waals surface area contributed by atoms with Crippen LogP contribution in [0.1, 0.15) is 42.9 Å². The van der Waals surface area contributed by atoms with Crippen LogP contribution in [0.2, 0.25) is 0 Å². The third-order valence-electron chi connectivity index (χ3n) is 5.36. The molecule has 0 aliphatic heterocycles. The SMILES string of the molecule is Cc1ccc([C@H](N[C@@H](CS(=O)(=O)CC2CC2)C(=O)NC2(C#N)CC2)C(F)(F)F)cc1. The third kappa shape index (κ3) is 5.95. The Kier molecular flexibility index (Phi) is 6.16. The molecule has 0 saturated heterocycles. The van der Waals surface area contributed by atoms with Crippen LogP contribution in [0, 0.1) is 24.2 Å². The van der Waals surface area contributed by atoms with Gasteiger partial charge in [0.2, 0.25) is 5.91 Å². The molecular formula is C20H24F3N3O3S. The summed E-state index contributed by atoms with van der Waals surface area (Å²) in [6, 6.07) is 3.71. The van der Waals surface area contributed by atoms with E-state index in [2.05, 4.69) is 10.6 Å². The Morgan fingerprint density at radius 1 is 1.27 bits per heavy atom. The number of hydrogen-bond donors (Lipinski definition) is 2. The molecule has 1 amide bonds. The first-order chi connectivity index (χ1) is 13.9. The second-order valence-corrected chi connectivity index (χ2v) is 10.5. The summed E-state index contributed by atoms with van der Waals surface area (Å²) in [6.45, 7) is 1.73. The highest BCUT2D eigenvalue weighted by Gasteiger charge is 2.48. The van der Waals surface area contributed by atoms with Crippen molar-refractivity contribution in [3.63, 3.8) is 0 Å². The van der Waals surface area contributed by atoms with Crippen LogP contribution in [0.3, 0.4) is 0 Å². The molecule has 2 aliphatic rings. The van der Waals surface area contributed by atoms with Crippen LogP contribution in [-0.4, -0.2) is 43.6 Å². The summed E-state index contributed by atoms with van der Waals surface area (Å²) in [7, 11) is -3.76. The lowest BCUT2D eigenvalue weighted by molar-refractivity contribution is -0.160. The highest BCUT2D eigenvalue weighted by Crippen LogP contribution is 2.36. The van der Waals surface area contributed by atoms with Gasteiger partial charge in [0.1, 0.15) is 17.6 Å². The number of sulfone groups is 1. The lowest BCUT2D eigenvalue weighted by Crippen LogP contribution is -2.54. The Labute approximate surface area is 173 Å². The maximum atomic E-state index is 13.8. The zero-order valence-corrected chi connectivity index (χ0v) is 17.3. The molecule has 2 N–H and O–H groups in total. The van der Waals surface area contributed by atoms with E-state index < -0.39 is 45.3 Å². The molecule has 6 nitrogen and oxygen atoms in total. The molecule has 1 aromatic rings. The van der Waals surface area contributed by atoms with Crippen LogP contribution in [0.4, 0.5) is 13.2 Å². The van der Waals surface area contributed by atoms with Crippen molar-refractivity contribution in [2.24, 2.45) is 5.92 Å². The van der Waals surface area contributed by atoms with Crippen LogP contribution in [0.15, 0.2) is 24.3 Å². The van der Waals surface area contributed by atoms with E-state index in [4.69, 9.17) is 0 Å². The maximum Gasteiger partial charge on any atom is 0.407 e. The number of nitrogens with one attached hydrogen (secondary N) is 2. The number of rotatable bonds is 9. The third-order valence-corrected chi connectivity index (χ3v) is 7.18. The fraction of sp³-hybridized carbons (Fsp3) is 0.600. The fourth-order valence-electron chi connectivity index (χ4n) is 3.22. The van der Waals surface area contributed by atoms with Gasteiger partial charge in [-0.25, -0.2) is 8.42 Å². The predicted molar refractivity (Wildman–Crippen MR) is 104 cm³/mol. The first-order valence-corrected chi connectivity index (χ1v) is 11.6. The second-order valence-electron chi connectivity index (χ2n) is 8.31. The summed E-state index contributed by atoms with van der Waals surface area (Å²) in [5.74, 6) is -1.81. The Morgan fingerprint density at radius 3 is 2.33 bits per heavy atom. The lowest BCUT2D eigenvalue weighted by atomic mass is 10.0. The Morgan fingerprint density at radius 2 is 1.87 bits per heavy atom. The summed E-state index contributed by atoms with van der Waals surface area (Å²) in [6.07, 6.45) is -2.46. The van der Waals surface area contributed by atoms with E-state index in [1.807, 2.05) is 6.07 Å². The van der Waals surface area contributed by atoms with Gasteiger partial charge in [0.15, 0.2) is 9.84 Å². The minimum absolute atomic E-state index is 0.00288. The van der Waals surface area contributed by atoms with Gasteiger partial charge in [-0.3, -0.25) is 10.1 Å². The van der Waals surface area contributed by atoms with Crippen LogP contribution in [0.5, 0.6) is 0 Å². The summed E-state index contributed by atoms with van der Waals surface area (Å²) in [5.41, 5.74) is -0.466. The second kappa shape index (κ2) is 8.19. The molecule has 1 aromatic carbocycles. The average molecular weight is 443 g/mol. The van der Waals surface area contributed by atoms with Crippen molar-refractivity contribution in [3.8, 4) is 6.07 Å². The van der Waals surface area contributed by atoms with E-state index in [0.29, 0.717) is 12.8 Å². The Hall–Kier alpha value is -2.12. The first-order valence-electron chi connectivity index (χ1n) is 9.76. The van der Waals surface area contributed by atoms with E-state index in [-0.39, 0.29) is 17.2 Å². The van der Waals surface area contributed by atoms with Crippen LogP contribution in [-0.2, 0) is 14.6 Å². The zero-order chi connectivity index (χ0) is 22.2. The number of carbonyl (C=O) groups excluding carboxylic acids is 1. The fourth-order valence-corrected chi connectivity index (χ4v) is 5.16. The Bertz CT molecular complexity index is 931. The molecule has 10 heteroatoms. The number of alkyl halides is 3. The van der Waals surface area contributed by atoms with Crippen molar-refractivity contribution >= 4 is 15.7 Å². The molecule has 2 fully saturated rings. The van der Waals surface area contributed by atoms with Crippen molar-refractivity contribution in [1.82, 2.24) is 10.6 Å². The minimum Gasteiger partial charge on any atom is -0.336 e. The molecule has 2 saturated carbocycles. The molecule has 0 aromatic heterocycles. The molecular weight excluding hydrogens is 419 g/mol. The van der Waals surface area contributed by atoms with E-state index in [9.17, 15) is 31.6 Å². The van der Waals surface area contributed by atoms with Crippen molar-refractivity contribution < 1.29 is 26.4 Å². The zero-order valence-electron chi connectivity index (χ0n) is 16.5. The van der Waals surface area contributed by atoms with Gasteiger partial charge in [0.05, 0.1) is 17.6 Å². The molecule has 30 heavy (non-hydrogen) atoms. The number of hydrogen-bond acceptors (Lipinski definition) is 5. The number of amides is 1. The highest BCUT2D eigenvalue weighted by molar-refractivity contribution is 7.91. The number of nitrogens with zero attached hydrogens (tertiary/aromatic N) is 1. The normalized spacial score (nSPS) is 20.1. The largest absolute Gasteiger partial charge is 0.407 e. The molecule has 2 atom stereocenters. The Balaban J connectivity index is 1.85. The molecule has 0 radical (unpaired) electrons. The molecule has 164 valence electrons. The average Bonchev–Trinajstić information content (AvgIpc) is 3.56. The monoisotopic (exact) mass is 443 g/mol. The van der Waals surface area contributed by atoms with Gasteiger partial charge in [-0.1, -0.05) is 29.8 Å². The van der Waals surface area contributed by atoms with Gasteiger partial charge in [0, 0.05) is 0 Å². The summed E-state index contributed by atoms with van der Waals surface area (Å²) < 4.78 is 66.4. The number of nitriles is 1. The van der Waals surface area contributed by atoms with Gasteiger partial charge in [0.25, 0.3) is 0 Å². The predicted octanol–water partition coefficient (Wildman–Crippen LogP) is 2.55. The van der Waals surface area contributed by atoms with Gasteiger partial charge < -0.3 is 5.32 Å². The molecule has 2 aliphatic carbocycles.